The first kappa shape index (κ1) is 21.2. The van der Waals surface area contributed by atoms with Gasteiger partial charge in [0.15, 0.2) is 0 Å². The Morgan fingerprint density at radius 2 is 1.86 bits per heavy atom. The van der Waals surface area contributed by atoms with Crippen LogP contribution in [0.5, 0.6) is 0 Å². The maximum Gasteiger partial charge on any atom is 0.348 e. The zero-order chi connectivity index (χ0) is 21.2. The van der Waals surface area contributed by atoms with Crippen LogP contribution in [-0.4, -0.2) is 17.7 Å². The maximum absolute atomic E-state index is 13.7. The number of carboxylic acids is 1. The van der Waals surface area contributed by atoms with E-state index in [4.69, 9.17) is 4.52 Å². The molecule has 1 heterocycles. The van der Waals surface area contributed by atoms with Crippen molar-refractivity contribution in [2.24, 2.45) is 0 Å². The van der Waals surface area contributed by atoms with Crippen molar-refractivity contribution >= 4 is 35.8 Å². The van der Waals surface area contributed by atoms with Crippen molar-refractivity contribution in [3.8, 4) is 10.4 Å². The molecule has 0 saturated carbocycles. The number of rotatable bonds is 7. The first-order valence-corrected chi connectivity index (χ1v) is 11.4. The summed E-state index contributed by atoms with van der Waals surface area (Å²) in [7, 11) is -3.57. The lowest BCUT2D eigenvalue weighted by molar-refractivity contribution is 0.0703. The van der Waals surface area contributed by atoms with Gasteiger partial charge in [-0.25, -0.2) is 9.18 Å². The molecule has 2 aromatic carbocycles. The van der Waals surface area contributed by atoms with Crippen LogP contribution in [0.1, 0.15) is 27.7 Å². The Morgan fingerprint density at radius 3 is 2.45 bits per heavy atom. The summed E-state index contributed by atoms with van der Waals surface area (Å²) >= 11 is 1.03. The number of anilines is 1. The van der Waals surface area contributed by atoms with Crippen LogP contribution in [0.4, 0.5) is 10.1 Å². The topological polar surface area (TPSA) is 75.6 Å². The smallest absolute Gasteiger partial charge is 0.348 e. The number of hydrogen-bond donors (Lipinski definition) is 2. The number of thiophene rings is 1. The van der Waals surface area contributed by atoms with Crippen LogP contribution in [0.3, 0.4) is 0 Å². The fraction of sp³-hybridized carbons (Fsp3) is 0.190. The Morgan fingerprint density at radius 1 is 1.17 bits per heavy atom. The number of aromatic carboxylic acids is 1. The molecule has 1 atom stereocenters. The van der Waals surface area contributed by atoms with Gasteiger partial charge in [0.1, 0.15) is 10.7 Å². The molecule has 152 valence electrons. The Kier molecular flexibility index (Phi) is 6.22. The van der Waals surface area contributed by atoms with Crippen molar-refractivity contribution in [2.75, 3.05) is 11.7 Å². The van der Waals surface area contributed by atoms with Crippen molar-refractivity contribution < 1.29 is 23.4 Å². The number of carboxylic acid groups (broad SMARTS) is 1. The molecule has 0 radical (unpaired) electrons. The molecule has 0 aliphatic rings. The largest absolute Gasteiger partial charge is 0.477 e. The summed E-state index contributed by atoms with van der Waals surface area (Å²) in [5, 5.41) is 13.0. The molecule has 0 spiro atoms. The summed E-state index contributed by atoms with van der Waals surface area (Å²) < 4.78 is 32.5. The second-order valence-corrected chi connectivity index (χ2v) is 9.66. The van der Waals surface area contributed by atoms with Crippen LogP contribution >= 0.6 is 18.9 Å². The predicted octanol–water partition coefficient (Wildman–Crippen LogP) is 5.84. The lowest BCUT2D eigenvalue weighted by Gasteiger charge is -2.22. The molecule has 1 aromatic heterocycles. The van der Waals surface area contributed by atoms with Crippen LogP contribution in [-0.2, 0) is 9.09 Å². The van der Waals surface area contributed by atoms with Gasteiger partial charge in [-0.05, 0) is 56.2 Å². The monoisotopic (exact) mass is 433 g/mol. The van der Waals surface area contributed by atoms with Crippen molar-refractivity contribution in [3.63, 3.8) is 0 Å². The highest BCUT2D eigenvalue weighted by Crippen LogP contribution is 2.49. The standard InChI is InChI=1S/C21H21FNO4PS/c1-4-27-28(26,18-10-5-13(2)11-14(18)3)23-17-12-19(29-20(17)21(24)25)15-6-8-16(22)9-7-15/h5-12H,4H2,1-3H3,(H,23,26)(H,24,25). The molecule has 0 aliphatic carbocycles. The molecule has 3 rings (SSSR count). The number of benzene rings is 2. The van der Waals surface area contributed by atoms with Crippen LogP contribution in [0.15, 0.2) is 48.5 Å². The molecule has 3 aromatic rings. The zero-order valence-electron chi connectivity index (χ0n) is 16.2. The van der Waals surface area contributed by atoms with Gasteiger partial charge in [-0.3, -0.25) is 4.57 Å². The molecular formula is C21H21FNO4PS. The first-order valence-electron chi connectivity index (χ1n) is 8.97. The Hall–Kier alpha value is -2.47. The van der Waals surface area contributed by atoms with Gasteiger partial charge in [0.05, 0.1) is 17.6 Å². The van der Waals surface area contributed by atoms with Crippen LogP contribution < -0.4 is 10.4 Å². The fourth-order valence-corrected chi connectivity index (χ4v) is 6.04. The number of aryl methyl sites for hydroxylation is 2. The second kappa shape index (κ2) is 8.49. The summed E-state index contributed by atoms with van der Waals surface area (Å²) in [6.07, 6.45) is 0. The van der Waals surface area contributed by atoms with Gasteiger partial charge in [0, 0.05) is 4.88 Å². The predicted molar refractivity (Wildman–Crippen MR) is 115 cm³/mol. The normalized spacial score (nSPS) is 13.1. The Bertz CT molecular complexity index is 1090. The van der Waals surface area contributed by atoms with Crippen LogP contribution in [0.2, 0.25) is 0 Å². The molecule has 5 nitrogen and oxygen atoms in total. The molecule has 0 aliphatic heterocycles. The highest BCUT2D eigenvalue weighted by molar-refractivity contribution is 7.68. The summed E-state index contributed by atoms with van der Waals surface area (Å²) in [5.41, 5.74) is 2.69. The first-order chi connectivity index (χ1) is 13.7. The van der Waals surface area contributed by atoms with E-state index in [0.717, 1.165) is 22.5 Å². The number of nitrogens with one attached hydrogen (secondary N) is 1. The average molecular weight is 433 g/mol. The minimum Gasteiger partial charge on any atom is -0.477 e. The number of hydrogen-bond acceptors (Lipinski definition) is 4. The van der Waals surface area contributed by atoms with Crippen LogP contribution in [0.25, 0.3) is 10.4 Å². The molecule has 8 heteroatoms. The molecule has 2 N–H and O–H groups in total. The number of carbonyl (C=O) groups is 1. The molecular weight excluding hydrogens is 412 g/mol. The van der Waals surface area contributed by atoms with Crippen molar-refractivity contribution in [2.45, 2.75) is 20.8 Å². The Labute approximate surface area is 172 Å². The molecule has 0 amide bonds. The fourth-order valence-electron chi connectivity index (χ4n) is 3.03. The minimum absolute atomic E-state index is 0.00835. The number of halogens is 1. The molecule has 29 heavy (non-hydrogen) atoms. The zero-order valence-corrected chi connectivity index (χ0v) is 17.9. The molecule has 1 unspecified atom stereocenters. The van der Waals surface area contributed by atoms with E-state index in [1.54, 1.807) is 31.2 Å². The lowest BCUT2D eigenvalue weighted by atomic mass is 10.2. The highest BCUT2D eigenvalue weighted by atomic mass is 32.1. The van der Waals surface area contributed by atoms with E-state index in [9.17, 15) is 18.9 Å². The van der Waals surface area contributed by atoms with Gasteiger partial charge in [0.2, 0.25) is 0 Å². The third-order valence-electron chi connectivity index (χ3n) is 4.30. The van der Waals surface area contributed by atoms with Gasteiger partial charge < -0.3 is 14.7 Å². The van der Waals surface area contributed by atoms with Crippen LogP contribution in [0, 0.1) is 19.7 Å². The lowest BCUT2D eigenvalue weighted by Crippen LogP contribution is -2.18. The van der Waals surface area contributed by atoms with E-state index in [-0.39, 0.29) is 23.0 Å². The van der Waals surface area contributed by atoms with E-state index < -0.39 is 13.5 Å². The summed E-state index contributed by atoms with van der Waals surface area (Å²) in [4.78, 5) is 12.4. The second-order valence-electron chi connectivity index (χ2n) is 6.54. The molecule has 0 bridgehead atoms. The van der Waals surface area contributed by atoms with E-state index in [2.05, 4.69) is 5.09 Å². The van der Waals surface area contributed by atoms with Crippen molar-refractivity contribution in [3.05, 3.63) is 70.4 Å². The highest BCUT2D eigenvalue weighted by Gasteiger charge is 2.30. The summed E-state index contributed by atoms with van der Waals surface area (Å²) in [6, 6.07) is 12.8. The van der Waals surface area contributed by atoms with Crippen molar-refractivity contribution in [1.29, 1.82) is 0 Å². The van der Waals surface area contributed by atoms with Gasteiger partial charge in [-0.15, -0.1) is 11.3 Å². The van der Waals surface area contributed by atoms with E-state index in [1.165, 1.54) is 12.1 Å². The van der Waals surface area contributed by atoms with E-state index in [0.29, 0.717) is 15.7 Å². The van der Waals surface area contributed by atoms with Gasteiger partial charge in [-0.1, -0.05) is 29.8 Å². The van der Waals surface area contributed by atoms with E-state index >= 15 is 0 Å². The van der Waals surface area contributed by atoms with Crippen molar-refractivity contribution in [1.82, 2.24) is 0 Å². The maximum atomic E-state index is 13.7. The summed E-state index contributed by atoms with van der Waals surface area (Å²) in [6.45, 7) is 5.69. The Balaban J connectivity index is 2.06. The quantitative estimate of drug-likeness (QED) is 0.458. The van der Waals surface area contributed by atoms with Gasteiger partial charge in [-0.2, -0.15) is 0 Å². The summed E-state index contributed by atoms with van der Waals surface area (Å²) in [5.74, 6) is -1.52. The van der Waals surface area contributed by atoms with Gasteiger partial charge >= 0.3 is 13.5 Å². The molecule has 0 fully saturated rings. The van der Waals surface area contributed by atoms with E-state index in [1.807, 2.05) is 26.0 Å². The average Bonchev–Trinajstić information content (AvgIpc) is 3.06. The molecule has 0 saturated heterocycles. The third kappa shape index (κ3) is 4.58. The SMILES string of the molecule is CCOP(=O)(Nc1cc(-c2ccc(F)cc2)sc1C(=O)O)c1ccc(C)cc1C. The third-order valence-corrected chi connectivity index (χ3v) is 7.77. The van der Waals surface area contributed by atoms with Gasteiger partial charge in [0.25, 0.3) is 0 Å². The minimum atomic E-state index is -3.57.